The molecule has 0 unspecified atom stereocenters. The van der Waals surface area contributed by atoms with Crippen LogP contribution in [-0.2, 0) is 19.1 Å². The van der Waals surface area contributed by atoms with Crippen molar-refractivity contribution in [2.24, 2.45) is 0 Å². The van der Waals surface area contributed by atoms with E-state index >= 15 is 0 Å². The van der Waals surface area contributed by atoms with E-state index in [1.54, 1.807) is 33.9 Å². The summed E-state index contributed by atoms with van der Waals surface area (Å²) < 4.78 is 10.4. The van der Waals surface area contributed by atoms with Crippen LogP contribution >= 0.6 is 23.8 Å². The van der Waals surface area contributed by atoms with E-state index in [9.17, 15) is 14.4 Å². The summed E-state index contributed by atoms with van der Waals surface area (Å²) >= 11 is 11.1. The van der Waals surface area contributed by atoms with E-state index in [-0.39, 0.29) is 12.4 Å². The number of carbonyl (C=O) groups is 3. The minimum absolute atomic E-state index is 0.192. The first-order valence-corrected chi connectivity index (χ1v) is 10.8. The summed E-state index contributed by atoms with van der Waals surface area (Å²) in [5.74, 6) is -1.54. The number of amides is 3. The van der Waals surface area contributed by atoms with Crippen molar-refractivity contribution in [3.8, 4) is 0 Å². The van der Waals surface area contributed by atoms with Gasteiger partial charge in [0.25, 0.3) is 0 Å². The number of aromatic nitrogens is 1. The highest BCUT2D eigenvalue weighted by Gasteiger charge is 2.34. The molecule has 3 N–H and O–H groups in total. The molecule has 1 aliphatic heterocycles. The average Bonchev–Trinajstić information content (AvgIpc) is 2.69. The van der Waals surface area contributed by atoms with Crippen LogP contribution < -0.4 is 16.0 Å². The summed E-state index contributed by atoms with van der Waals surface area (Å²) in [6.07, 6.45) is 1.17. The predicted molar refractivity (Wildman–Crippen MR) is 124 cm³/mol. The summed E-state index contributed by atoms with van der Waals surface area (Å²) in [7, 11) is 1.55. The quantitative estimate of drug-likeness (QED) is 0.426. The zero-order chi connectivity index (χ0) is 23.9. The topological polar surface area (TPSA) is 122 Å². The van der Waals surface area contributed by atoms with Gasteiger partial charge in [-0.15, -0.1) is 0 Å². The number of pyridine rings is 1. The molecular formula is C20H28ClN5O5S. The van der Waals surface area contributed by atoms with Gasteiger partial charge in [-0.3, -0.25) is 9.59 Å². The van der Waals surface area contributed by atoms with Gasteiger partial charge in [0.1, 0.15) is 16.4 Å². The molecule has 1 saturated heterocycles. The number of carbonyl (C=O) groups excluding carboxylic acids is 3. The number of nitrogens with one attached hydrogen (secondary N) is 3. The number of hydrogen-bond donors (Lipinski definition) is 3. The largest absolute Gasteiger partial charge is 0.444 e. The molecule has 1 aromatic heterocycles. The third kappa shape index (κ3) is 8.21. The van der Waals surface area contributed by atoms with Crippen LogP contribution in [0.25, 0.3) is 0 Å². The van der Waals surface area contributed by atoms with Gasteiger partial charge in [0.15, 0.2) is 0 Å². The Morgan fingerprint density at radius 2 is 1.94 bits per heavy atom. The monoisotopic (exact) mass is 485 g/mol. The SMILES string of the molecule is COCC(=S)N1CC[C@H](NC(=O)C(=O)Nc2ccc(Cl)cn2)[C@H](NC(=O)OC(C)(C)C)C1. The molecule has 0 radical (unpaired) electrons. The van der Waals surface area contributed by atoms with Crippen LogP contribution in [0.1, 0.15) is 27.2 Å². The van der Waals surface area contributed by atoms with Gasteiger partial charge in [-0.2, -0.15) is 0 Å². The maximum absolute atomic E-state index is 12.5. The molecule has 12 heteroatoms. The second kappa shape index (κ2) is 11.4. The number of halogens is 1. The molecule has 0 saturated carbocycles. The summed E-state index contributed by atoms with van der Waals surface area (Å²) in [6.45, 7) is 6.38. The van der Waals surface area contributed by atoms with Crippen LogP contribution in [0, 0.1) is 0 Å². The van der Waals surface area contributed by atoms with Crippen LogP contribution in [0.3, 0.4) is 0 Å². The van der Waals surface area contributed by atoms with Crippen LogP contribution in [0.2, 0.25) is 5.02 Å². The van der Waals surface area contributed by atoms with Crippen molar-refractivity contribution in [2.75, 3.05) is 32.1 Å². The summed E-state index contributed by atoms with van der Waals surface area (Å²) in [5.41, 5.74) is -0.687. The Balaban J connectivity index is 2.05. The highest BCUT2D eigenvalue weighted by molar-refractivity contribution is 7.80. The molecule has 0 aliphatic carbocycles. The van der Waals surface area contributed by atoms with Gasteiger partial charge in [-0.05, 0) is 39.3 Å². The van der Waals surface area contributed by atoms with E-state index in [0.29, 0.717) is 29.5 Å². The zero-order valence-corrected chi connectivity index (χ0v) is 20.0. The molecule has 10 nitrogen and oxygen atoms in total. The molecule has 2 rings (SSSR count). The first kappa shape index (κ1) is 25.8. The lowest BCUT2D eigenvalue weighted by atomic mass is 9.99. The van der Waals surface area contributed by atoms with Gasteiger partial charge < -0.3 is 30.3 Å². The number of thiocarbonyl (C=S) groups is 1. The lowest BCUT2D eigenvalue weighted by Crippen LogP contribution is -2.62. The van der Waals surface area contributed by atoms with Gasteiger partial charge >= 0.3 is 17.9 Å². The number of alkyl carbamates (subject to hydrolysis) is 1. The van der Waals surface area contributed by atoms with Crippen LogP contribution in [0.5, 0.6) is 0 Å². The van der Waals surface area contributed by atoms with Crippen molar-refractivity contribution in [2.45, 2.75) is 44.9 Å². The lowest BCUT2D eigenvalue weighted by Gasteiger charge is -2.40. The van der Waals surface area contributed by atoms with Gasteiger partial charge in [-0.1, -0.05) is 23.8 Å². The Bertz CT molecular complexity index is 846. The number of rotatable bonds is 5. The molecule has 176 valence electrons. The van der Waals surface area contributed by atoms with E-state index in [1.807, 2.05) is 4.90 Å². The number of nitrogens with zero attached hydrogens (tertiary/aromatic N) is 2. The van der Waals surface area contributed by atoms with Gasteiger partial charge in [0.2, 0.25) is 0 Å². The number of ether oxygens (including phenoxy) is 2. The molecule has 0 bridgehead atoms. The Kier molecular flexibility index (Phi) is 9.17. The smallest absolute Gasteiger partial charge is 0.408 e. The van der Waals surface area contributed by atoms with Crippen LogP contribution in [-0.4, -0.2) is 77.3 Å². The Morgan fingerprint density at radius 3 is 2.53 bits per heavy atom. The first-order chi connectivity index (χ1) is 15.0. The van der Waals surface area contributed by atoms with Crippen LogP contribution in [0.4, 0.5) is 10.6 Å². The maximum Gasteiger partial charge on any atom is 0.408 e. The van der Waals surface area contributed by atoms with Gasteiger partial charge in [0, 0.05) is 26.4 Å². The number of anilines is 1. The molecule has 1 aliphatic rings. The molecule has 1 fully saturated rings. The summed E-state index contributed by atoms with van der Waals surface area (Å²) in [4.78, 5) is 43.5. The average molecular weight is 486 g/mol. The molecule has 0 aromatic carbocycles. The minimum atomic E-state index is -0.881. The molecule has 2 heterocycles. The normalized spacial score (nSPS) is 18.5. The lowest BCUT2D eigenvalue weighted by molar-refractivity contribution is -0.136. The second-order valence-corrected chi connectivity index (χ2v) is 9.12. The highest BCUT2D eigenvalue weighted by atomic mass is 35.5. The van der Waals surface area contributed by atoms with E-state index in [1.165, 1.54) is 12.3 Å². The standard InChI is InChI=1S/C20H28ClN5O5S/c1-20(2,3)31-19(29)24-14-10-26(16(32)11-30-4)8-7-13(14)23-17(27)18(28)25-15-6-5-12(21)9-22-15/h5-6,9,13-14H,7-8,10-11H2,1-4H3,(H,23,27)(H,24,29)(H,22,25,28)/t13-,14+/m0/s1. The van der Waals surface area contributed by atoms with Crippen molar-refractivity contribution in [3.05, 3.63) is 23.4 Å². The molecule has 3 amide bonds. The molecule has 2 atom stereocenters. The Hall–Kier alpha value is -2.50. The number of piperidine rings is 1. The van der Waals surface area contributed by atoms with Crippen molar-refractivity contribution in [3.63, 3.8) is 0 Å². The fourth-order valence-corrected chi connectivity index (χ4v) is 3.42. The molecule has 32 heavy (non-hydrogen) atoms. The fourth-order valence-electron chi connectivity index (χ4n) is 3.03. The Morgan fingerprint density at radius 1 is 1.22 bits per heavy atom. The molecular weight excluding hydrogens is 458 g/mol. The van der Waals surface area contributed by atoms with Crippen molar-refractivity contribution >= 4 is 52.5 Å². The molecule has 1 aromatic rings. The van der Waals surface area contributed by atoms with E-state index in [2.05, 4.69) is 20.9 Å². The van der Waals surface area contributed by atoms with Crippen molar-refractivity contribution < 1.29 is 23.9 Å². The van der Waals surface area contributed by atoms with Crippen molar-refractivity contribution in [1.29, 1.82) is 0 Å². The Labute approximate surface area is 197 Å². The number of methoxy groups -OCH3 is 1. The predicted octanol–water partition coefficient (Wildman–Crippen LogP) is 1.73. The maximum atomic E-state index is 12.5. The fraction of sp³-hybridized carbons (Fsp3) is 0.550. The van der Waals surface area contributed by atoms with Crippen LogP contribution in [0.15, 0.2) is 18.3 Å². The van der Waals surface area contributed by atoms with E-state index < -0.39 is 35.6 Å². The van der Waals surface area contributed by atoms with E-state index in [0.717, 1.165) is 0 Å². The number of likely N-dealkylation sites (tertiary alicyclic amines) is 1. The second-order valence-electron chi connectivity index (χ2n) is 8.21. The highest BCUT2D eigenvalue weighted by Crippen LogP contribution is 2.15. The zero-order valence-electron chi connectivity index (χ0n) is 18.4. The minimum Gasteiger partial charge on any atom is -0.444 e. The van der Waals surface area contributed by atoms with Crippen molar-refractivity contribution in [1.82, 2.24) is 20.5 Å². The first-order valence-electron chi connectivity index (χ1n) is 9.98. The van der Waals surface area contributed by atoms with E-state index in [4.69, 9.17) is 33.3 Å². The summed E-state index contributed by atoms with van der Waals surface area (Å²) in [6, 6.07) is 1.97. The number of hydrogen-bond acceptors (Lipinski definition) is 7. The molecule has 0 spiro atoms. The third-order valence-corrected chi connectivity index (χ3v) is 5.03. The van der Waals surface area contributed by atoms with Gasteiger partial charge in [0.05, 0.1) is 23.7 Å². The third-order valence-electron chi connectivity index (χ3n) is 4.43. The summed E-state index contributed by atoms with van der Waals surface area (Å²) in [5, 5.41) is 8.27. The van der Waals surface area contributed by atoms with Gasteiger partial charge in [-0.25, -0.2) is 9.78 Å².